The normalized spacial score (nSPS) is 22.4. The first kappa shape index (κ1) is 14.6. The van der Waals surface area contributed by atoms with Crippen LogP contribution in [0.1, 0.15) is 45.4 Å². The number of carbonyl (C=O) groups excluding carboxylic acids is 1. The van der Waals surface area contributed by atoms with Crippen LogP contribution in [0.15, 0.2) is 23.5 Å². The summed E-state index contributed by atoms with van der Waals surface area (Å²) >= 11 is 0. The highest BCUT2D eigenvalue weighted by Gasteiger charge is 2.36. The van der Waals surface area contributed by atoms with Crippen molar-refractivity contribution in [1.29, 1.82) is 0 Å². The first-order chi connectivity index (χ1) is 9.59. The Hall–Kier alpha value is -1.78. The molecule has 0 spiro atoms. The number of ether oxygens (including phenoxy) is 1. The molecule has 1 atom stereocenters. The SMILES string of the molecule is CC1=C(CCCCC=CC(=O)O)O[C@H]2CCCN2C1=O. The molecule has 0 bridgehead atoms. The molecule has 0 radical (unpaired) electrons. The van der Waals surface area contributed by atoms with E-state index in [0.717, 1.165) is 56.4 Å². The Kier molecular flexibility index (Phi) is 4.82. The van der Waals surface area contributed by atoms with Crippen molar-refractivity contribution in [3.05, 3.63) is 23.5 Å². The van der Waals surface area contributed by atoms with E-state index in [9.17, 15) is 9.59 Å². The fraction of sp³-hybridized carbons (Fsp3) is 0.600. The number of aliphatic carboxylic acids is 1. The second-order valence-electron chi connectivity index (χ2n) is 5.25. The van der Waals surface area contributed by atoms with Crippen LogP contribution in [0.3, 0.4) is 0 Å². The standard InChI is InChI=1S/C15H21NO4/c1-11-12(7-4-2-3-5-9-14(17)18)20-13-8-6-10-16(13)15(11)19/h5,9,13H,2-4,6-8,10H2,1H3,(H,17,18)/t13-/m0/s1. The van der Waals surface area contributed by atoms with E-state index in [1.54, 1.807) is 6.08 Å². The molecule has 0 saturated carbocycles. The molecule has 5 heteroatoms. The van der Waals surface area contributed by atoms with Crippen LogP contribution in [-0.2, 0) is 14.3 Å². The van der Waals surface area contributed by atoms with E-state index in [0.29, 0.717) is 0 Å². The monoisotopic (exact) mass is 279 g/mol. The van der Waals surface area contributed by atoms with Gasteiger partial charge in [-0.3, -0.25) is 4.79 Å². The quantitative estimate of drug-likeness (QED) is 0.599. The summed E-state index contributed by atoms with van der Waals surface area (Å²) < 4.78 is 5.91. The van der Waals surface area contributed by atoms with Crippen molar-refractivity contribution in [3.8, 4) is 0 Å². The third-order valence-electron chi connectivity index (χ3n) is 3.76. The van der Waals surface area contributed by atoms with Crippen LogP contribution in [-0.4, -0.2) is 34.7 Å². The maximum absolute atomic E-state index is 12.1. The van der Waals surface area contributed by atoms with Gasteiger partial charge in [-0.1, -0.05) is 6.08 Å². The van der Waals surface area contributed by atoms with Crippen LogP contribution in [0.2, 0.25) is 0 Å². The van der Waals surface area contributed by atoms with Gasteiger partial charge in [-0.15, -0.1) is 0 Å². The van der Waals surface area contributed by atoms with E-state index in [1.807, 2.05) is 11.8 Å². The molecule has 1 N–H and O–H groups in total. The summed E-state index contributed by atoms with van der Waals surface area (Å²) in [4.78, 5) is 24.3. The lowest BCUT2D eigenvalue weighted by atomic mass is 10.1. The number of hydrogen-bond acceptors (Lipinski definition) is 3. The van der Waals surface area contributed by atoms with Crippen LogP contribution < -0.4 is 0 Å². The molecule has 0 aromatic carbocycles. The summed E-state index contributed by atoms with van der Waals surface area (Å²) in [6, 6.07) is 0. The van der Waals surface area contributed by atoms with E-state index in [-0.39, 0.29) is 12.1 Å². The molecule has 5 nitrogen and oxygen atoms in total. The number of carbonyl (C=O) groups is 2. The molecule has 0 aromatic heterocycles. The minimum atomic E-state index is -0.911. The predicted molar refractivity (Wildman–Crippen MR) is 73.8 cm³/mol. The Morgan fingerprint density at radius 2 is 2.30 bits per heavy atom. The maximum Gasteiger partial charge on any atom is 0.327 e. The number of hydrogen-bond donors (Lipinski definition) is 1. The Balaban J connectivity index is 1.80. The van der Waals surface area contributed by atoms with Crippen molar-refractivity contribution in [2.24, 2.45) is 0 Å². The van der Waals surface area contributed by atoms with Gasteiger partial charge in [0.2, 0.25) is 0 Å². The summed E-state index contributed by atoms with van der Waals surface area (Å²) in [5, 5.41) is 8.47. The average molecular weight is 279 g/mol. The van der Waals surface area contributed by atoms with E-state index >= 15 is 0 Å². The lowest BCUT2D eigenvalue weighted by Gasteiger charge is -2.32. The third-order valence-corrected chi connectivity index (χ3v) is 3.76. The van der Waals surface area contributed by atoms with Crippen molar-refractivity contribution in [1.82, 2.24) is 4.90 Å². The molecule has 2 aliphatic rings. The smallest absolute Gasteiger partial charge is 0.327 e. The molecular weight excluding hydrogens is 258 g/mol. The highest BCUT2D eigenvalue weighted by molar-refractivity contribution is 5.94. The number of amides is 1. The second-order valence-corrected chi connectivity index (χ2v) is 5.25. The number of unbranched alkanes of at least 4 members (excludes halogenated alkanes) is 2. The van der Waals surface area contributed by atoms with Gasteiger partial charge in [0, 0.05) is 25.5 Å². The van der Waals surface area contributed by atoms with Gasteiger partial charge in [0.15, 0.2) is 6.23 Å². The van der Waals surface area contributed by atoms with E-state index < -0.39 is 5.97 Å². The number of rotatable bonds is 6. The lowest BCUT2D eigenvalue weighted by molar-refractivity contribution is -0.139. The van der Waals surface area contributed by atoms with Gasteiger partial charge in [0.05, 0.1) is 5.57 Å². The highest BCUT2D eigenvalue weighted by Crippen LogP contribution is 2.31. The van der Waals surface area contributed by atoms with Crippen LogP contribution in [0, 0.1) is 0 Å². The van der Waals surface area contributed by atoms with Crippen molar-refractivity contribution in [3.63, 3.8) is 0 Å². The van der Waals surface area contributed by atoms with Gasteiger partial charge in [-0.2, -0.15) is 0 Å². The molecule has 20 heavy (non-hydrogen) atoms. The number of nitrogens with zero attached hydrogens (tertiary/aromatic N) is 1. The summed E-state index contributed by atoms with van der Waals surface area (Å²) in [7, 11) is 0. The minimum absolute atomic E-state index is 0.0619. The van der Waals surface area contributed by atoms with Gasteiger partial charge in [0.1, 0.15) is 5.76 Å². The summed E-state index contributed by atoms with van der Waals surface area (Å²) in [5.74, 6) is 0.0194. The third kappa shape index (κ3) is 3.40. The largest absolute Gasteiger partial charge is 0.478 e. The zero-order valence-corrected chi connectivity index (χ0v) is 11.8. The molecule has 110 valence electrons. The molecule has 1 fully saturated rings. The number of fused-ring (bicyclic) bond motifs is 1. The molecular formula is C15H21NO4. The molecule has 1 saturated heterocycles. The lowest BCUT2D eigenvalue weighted by Crippen LogP contribution is -2.41. The first-order valence-corrected chi connectivity index (χ1v) is 7.16. The molecule has 2 heterocycles. The molecule has 2 rings (SSSR count). The molecule has 2 aliphatic heterocycles. The fourth-order valence-electron chi connectivity index (χ4n) is 2.66. The van der Waals surface area contributed by atoms with Crippen LogP contribution in [0.25, 0.3) is 0 Å². The first-order valence-electron chi connectivity index (χ1n) is 7.16. The Labute approximate surface area is 118 Å². The highest BCUT2D eigenvalue weighted by atomic mass is 16.5. The Morgan fingerprint density at radius 1 is 1.50 bits per heavy atom. The maximum atomic E-state index is 12.1. The Morgan fingerprint density at radius 3 is 3.05 bits per heavy atom. The number of allylic oxidation sites excluding steroid dienone is 2. The van der Waals surface area contributed by atoms with Gasteiger partial charge in [-0.25, -0.2) is 4.79 Å². The minimum Gasteiger partial charge on any atom is -0.478 e. The zero-order valence-electron chi connectivity index (χ0n) is 11.8. The molecule has 0 aliphatic carbocycles. The van der Waals surface area contributed by atoms with Crippen molar-refractivity contribution in [2.45, 2.75) is 51.7 Å². The summed E-state index contributed by atoms with van der Waals surface area (Å²) in [6.45, 7) is 2.63. The van der Waals surface area contributed by atoms with Gasteiger partial charge >= 0.3 is 5.97 Å². The Bertz CT molecular complexity index is 453. The van der Waals surface area contributed by atoms with E-state index in [4.69, 9.17) is 9.84 Å². The molecule has 0 unspecified atom stereocenters. The van der Waals surface area contributed by atoms with Gasteiger partial charge in [-0.05, 0) is 32.6 Å². The summed E-state index contributed by atoms with van der Waals surface area (Å²) in [5.41, 5.74) is 0.726. The van der Waals surface area contributed by atoms with Gasteiger partial charge < -0.3 is 14.7 Å². The van der Waals surface area contributed by atoms with Crippen LogP contribution in [0.4, 0.5) is 0 Å². The van der Waals surface area contributed by atoms with Crippen molar-refractivity contribution in [2.75, 3.05) is 6.54 Å². The average Bonchev–Trinajstić information content (AvgIpc) is 2.87. The van der Waals surface area contributed by atoms with E-state index in [1.165, 1.54) is 6.08 Å². The van der Waals surface area contributed by atoms with E-state index in [2.05, 4.69) is 0 Å². The van der Waals surface area contributed by atoms with Crippen LogP contribution in [0.5, 0.6) is 0 Å². The zero-order chi connectivity index (χ0) is 14.5. The van der Waals surface area contributed by atoms with Crippen LogP contribution >= 0.6 is 0 Å². The molecule has 0 aromatic rings. The summed E-state index contributed by atoms with van der Waals surface area (Å²) in [6.07, 6.45) is 7.99. The van der Waals surface area contributed by atoms with Gasteiger partial charge in [0.25, 0.3) is 5.91 Å². The fourth-order valence-corrected chi connectivity index (χ4v) is 2.66. The topological polar surface area (TPSA) is 66.8 Å². The number of carboxylic acids is 1. The number of carboxylic acid groups (broad SMARTS) is 1. The van der Waals surface area contributed by atoms with Crippen molar-refractivity contribution >= 4 is 11.9 Å². The predicted octanol–water partition coefficient (Wildman–Crippen LogP) is 2.44. The van der Waals surface area contributed by atoms with Crippen molar-refractivity contribution < 1.29 is 19.4 Å². The second kappa shape index (κ2) is 6.59. The molecule has 1 amide bonds.